The van der Waals surface area contributed by atoms with Crippen molar-refractivity contribution in [1.29, 1.82) is 0 Å². The fourth-order valence-corrected chi connectivity index (χ4v) is 5.84. The van der Waals surface area contributed by atoms with Gasteiger partial charge in [0.05, 0.1) is 4.90 Å². The quantitative estimate of drug-likeness (QED) is 0.732. The molecular weight excluding hydrogens is 408 g/mol. The van der Waals surface area contributed by atoms with Crippen LogP contribution in [0.15, 0.2) is 41.3 Å². The molecule has 3 rings (SSSR count). The lowest BCUT2D eigenvalue weighted by molar-refractivity contribution is -0.117. The third-order valence-electron chi connectivity index (χ3n) is 5.36. The van der Waals surface area contributed by atoms with E-state index in [0.29, 0.717) is 18.0 Å². The lowest BCUT2D eigenvalue weighted by Gasteiger charge is -2.34. The number of rotatable bonds is 5. The summed E-state index contributed by atoms with van der Waals surface area (Å²) in [6, 6.07) is 9.88. The van der Waals surface area contributed by atoms with Gasteiger partial charge in [0.2, 0.25) is 15.9 Å². The first-order valence-electron chi connectivity index (χ1n) is 9.83. The molecule has 5 nitrogen and oxygen atoms in total. The van der Waals surface area contributed by atoms with Gasteiger partial charge in [0.1, 0.15) is 0 Å². The van der Waals surface area contributed by atoms with Crippen molar-refractivity contribution in [2.75, 3.05) is 11.9 Å². The van der Waals surface area contributed by atoms with Crippen molar-refractivity contribution in [3.05, 3.63) is 58.1 Å². The van der Waals surface area contributed by atoms with Crippen LogP contribution >= 0.6 is 11.6 Å². The maximum Gasteiger partial charge on any atom is 0.243 e. The van der Waals surface area contributed by atoms with E-state index in [-0.39, 0.29) is 23.3 Å². The molecule has 1 heterocycles. The second kappa shape index (κ2) is 8.86. The van der Waals surface area contributed by atoms with Crippen LogP contribution in [0, 0.1) is 20.8 Å². The van der Waals surface area contributed by atoms with Gasteiger partial charge in [-0.1, -0.05) is 35.7 Å². The molecule has 156 valence electrons. The minimum Gasteiger partial charge on any atom is -0.326 e. The van der Waals surface area contributed by atoms with Crippen LogP contribution in [-0.4, -0.2) is 31.2 Å². The number of nitrogens with zero attached hydrogens (tertiary/aromatic N) is 1. The van der Waals surface area contributed by atoms with Crippen molar-refractivity contribution in [2.45, 2.75) is 57.4 Å². The molecule has 0 bridgehead atoms. The summed E-state index contributed by atoms with van der Waals surface area (Å²) in [4.78, 5) is 13.0. The molecule has 1 atom stereocenters. The fraction of sp³-hybridized carbons (Fsp3) is 0.409. The largest absolute Gasteiger partial charge is 0.326 e. The topological polar surface area (TPSA) is 66.5 Å². The summed E-state index contributed by atoms with van der Waals surface area (Å²) in [5.41, 5.74) is 3.96. The Morgan fingerprint density at radius 1 is 1.10 bits per heavy atom. The Kier molecular flexibility index (Phi) is 6.66. The van der Waals surface area contributed by atoms with Gasteiger partial charge in [0, 0.05) is 29.7 Å². The number of hydrogen-bond acceptors (Lipinski definition) is 3. The molecule has 1 aliphatic heterocycles. The average Bonchev–Trinajstić information content (AvgIpc) is 2.65. The first-order valence-corrected chi connectivity index (χ1v) is 11.7. The molecule has 1 N–H and O–H groups in total. The number of sulfonamides is 1. The van der Waals surface area contributed by atoms with E-state index >= 15 is 0 Å². The van der Waals surface area contributed by atoms with Gasteiger partial charge in [0.15, 0.2) is 0 Å². The first-order chi connectivity index (χ1) is 13.7. The molecule has 1 saturated heterocycles. The summed E-state index contributed by atoms with van der Waals surface area (Å²) in [6.07, 6.45) is 2.51. The van der Waals surface area contributed by atoms with Gasteiger partial charge >= 0.3 is 0 Å². The lowest BCUT2D eigenvalue weighted by atomic mass is 10.0. The monoisotopic (exact) mass is 434 g/mol. The predicted octanol–water partition coefficient (Wildman–Crippen LogP) is 4.84. The fourth-order valence-electron chi connectivity index (χ4n) is 4.02. The van der Waals surface area contributed by atoms with E-state index in [4.69, 9.17) is 11.6 Å². The van der Waals surface area contributed by atoms with Crippen molar-refractivity contribution < 1.29 is 13.2 Å². The Morgan fingerprint density at radius 2 is 1.72 bits per heavy atom. The molecule has 0 saturated carbocycles. The summed E-state index contributed by atoms with van der Waals surface area (Å²) in [5, 5.41) is 3.48. The Morgan fingerprint density at radius 3 is 2.34 bits per heavy atom. The van der Waals surface area contributed by atoms with Crippen LogP contribution in [-0.2, 0) is 14.8 Å². The summed E-state index contributed by atoms with van der Waals surface area (Å²) in [6.45, 7) is 6.37. The molecule has 2 aromatic rings. The molecule has 29 heavy (non-hydrogen) atoms. The number of aryl methyl sites for hydroxylation is 3. The Bertz CT molecular complexity index is 980. The van der Waals surface area contributed by atoms with Crippen LogP contribution in [0.2, 0.25) is 5.02 Å². The number of anilines is 1. The molecule has 0 aromatic heterocycles. The van der Waals surface area contributed by atoms with Gasteiger partial charge < -0.3 is 5.32 Å². The normalized spacial score (nSPS) is 17.9. The second-order valence-corrected chi connectivity index (χ2v) is 10.1. The van der Waals surface area contributed by atoms with E-state index in [1.807, 2.05) is 32.9 Å². The standard InChI is InChI=1S/C22H27ClN2O3S/c1-15-12-16(2)22(17(3)13-15)24-21(26)14-19-6-4-5-11-25(19)29(27,28)20-9-7-18(23)8-10-20/h7-10,12-13,19H,4-6,11,14H2,1-3H3,(H,24,26). The second-order valence-electron chi connectivity index (χ2n) is 7.75. The zero-order valence-corrected chi connectivity index (χ0v) is 18.6. The van der Waals surface area contributed by atoms with Crippen molar-refractivity contribution >= 4 is 33.2 Å². The molecule has 0 radical (unpaired) electrons. The first kappa shape index (κ1) is 21.8. The average molecular weight is 435 g/mol. The van der Waals surface area contributed by atoms with Crippen LogP contribution in [0.1, 0.15) is 42.4 Å². The molecule has 0 spiro atoms. The van der Waals surface area contributed by atoms with Crippen LogP contribution in [0.25, 0.3) is 0 Å². The Hall–Kier alpha value is -1.89. The minimum atomic E-state index is -3.67. The molecule has 0 aliphatic carbocycles. The summed E-state index contributed by atoms with van der Waals surface area (Å²) in [5.74, 6) is -0.164. The molecule has 7 heteroatoms. The number of carbonyl (C=O) groups is 1. The van der Waals surface area contributed by atoms with Gasteiger partial charge in [-0.15, -0.1) is 0 Å². The number of nitrogens with one attached hydrogen (secondary N) is 1. The van der Waals surface area contributed by atoms with Crippen molar-refractivity contribution in [2.24, 2.45) is 0 Å². The third kappa shape index (κ3) is 5.00. The number of carbonyl (C=O) groups excluding carboxylic acids is 1. The maximum atomic E-state index is 13.1. The lowest BCUT2D eigenvalue weighted by Crippen LogP contribution is -2.45. The van der Waals surface area contributed by atoms with E-state index in [1.165, 1.54) is 16.4 Å². The number of benzene rings is 2. The molecule has 2 aromatic carbocycles. The highest BCUT2D eigenvalue weighted by atomic mass is 35.5. The highest BCUT2D eigenvalue weighted by molar-refractivity contribution is 7.89. The van der Waals surface area contributed by atoms with Crippen LogP contribution < -0.4 is 5.32 Å². The minimum absolute atomic E-state index is 0.138. The smallest absolute Gasteiger partial charge is 0.243 e. The van der Waals surface area contributed by atoms with E-state index in [9.17, 15) is 13.2 Å². The number of amides is 1. The number of piperidine rings is 1. The van der Waals surface area contributed by atoms with Gasteiger partial charge in [-0.25, -0.2) is 8.42 Å². The maximum absolute atomic E-state index is 13.1. The van der Waals surface area contributed by atoms with Crippen LogP contribution in [0.3, 0.4) is 0 Å². The van der Waals surface area contributed by atoms with Gasteiger partial charge in [-0.3, -0.25) is 4.79 Å². The Labute approximate surface area is 178 Å². The van der Waals surface area contributed by atoms with Crippen molar-refractivity contribution in [1.82, 2.24) is 4.31 Å². The molecular formula is C22H27ClN2O3S. The van der Waals surface area contributed by atoms with Crippen molar-refractivity contribution in [3.8, 4) is 0 Å². The van der Waals surface area contributed by atoms with E-state index in [2.05, 4.69) is 5.32 Å². The highest BCUT2D eigenvalue weighted by Gasteiger charge is 2.34. The SMILES string of the molecule is Cc1cc(C)c(NC(=O)CC2CCCCN2S(=O)(=O)c2ccc(Cl)cc2)c(C)c1. The summed E-state index contributed by atoms with van der Waals surface area (Å²) < 4.78 is 27.8. The number of halogens is 1. The number of hydrogen-bond donors (Lipinski definition) is 1. The van der Waals surface area contributed by atoms with Crippen LogP contribution in [0.4, 0.5) is 5.69 Å². The molecule has 1 unspecified atom stereocenters. The van der Waals surface area contributed by atoms with E-state index < -0.39 is 10.0 Å². The van der Waals surface area contributed by atoms with Gasteiger partial charge in [-0.2, -0.15) is 4.31 Å². The zero-order chi connectivity index (χ0) is 21.2. The summed E-state index contributed by atoms with van der Waals surface area (Å²) in [7, 11) is -3.67. The van der Waals surface area contributed by atoms with E-state index in [1.54, 1.807) is 12.1 Å². The zero-order valence-electron chi connectivity index (χ0n) is 17.0. The molecule has 1 fully saturated rings. The van der Waals surface area contributed by atoms with Crippen molar-refractivity contribution in [3.63, 3.8) is 0 Å². The Balaban J connectivity index is 1.78. The summed E-state index contributed by atoms with van der Waals surface area (Å²) >= 11 is 5.90. The van der Waals surface area contributed by atoms with Gasteiger partial charge in [-0.05, 0) is 69.0 Å². The van der Waals surface area contributed by atoms with E-state index in [0.717, 1.165) is 35.2 Å². The predicted molar refractivity (Wildman–Crippen MR) is 117 cm³/mol. The molecule has 1 amide bonds. The highest BCUT2D eigenvalue weighted by Crippen LogP contribution is 2.29. The molecule has 1 aliphatic rings. The van der Waals surface area contributed by atoms with Gasteiger partial charge in [0.25, 0.3) is 0 Å². The third-order valence-corrected chi connectivity index (χ3v) is 7.57. The van der Waals surface area contributed by atoms with Crippen LogP contribution in [0.5, 0.6) is 0 Å².